The van der Waals surface area contributed by atoms with E-state index in [1.165, 1.54) is 23.1 Å². The minimum absolute atomic E-state index is 0.0268. The quantitative estimate of drug-likeness (QED) is 0.509. The van der Waals surface area contributed by atoms with Gasteiger partial charge in [0, 0.05) is 26.1 Å². The molecule has 0 saturated carbocycles. The molecule has 0 bridgehead atoms. The summed E-state index contributed by atoms with van der Waals surface area (Å²) in [5.74, 6) is -1.15. The largest absolute Gasteiger partial charge is 0.355 e. The van der Waals surface area contributed by atoms with Crippen LogP contribution in [0.1, 0.15) is 32.3 Å². The zero-order valence-electron chi connectivity index (χ0n) is 19.3. The van der Waals surface area contributed by atoms with Crippen molar-refractivity contribution in [2.45, 2.75) is 39.2 Å². The van der Waals surface area contributed by atoms with Crippen molar-refractivity contribution in [3.8, 4) is 0 Å². The summed E-state index contributed by atoms with van der Waals surface area (Å²) in [7, 11) is -3.74. The number of hydrogen-bond donors (Lipinski definition) is 1. The molecule has 0 aromatic heterocycles. The van der Waals surface area contributed by atoms with Gasteiger partial charge in [-0.15, -0.1) is 0 Å². The number of nitrogens with one attached hydrogen (secondary N) is 1. The van der Waals surface area contributed by atoms with Crippen LogP contribution in [-0.2, 0) is 26.0 Å². The Bertz CT molecular complexity index is 1030. The zero-order chi connectivity index (χ0) is 24.4. The fourth-order valence-electron chi connectivity index (χ4n) is 3.53. The van der Waals surface area contributed by atoms with Gasteiger partial charge in [0.25, 0.3) is 0 Å². The normalized spacial score (nSPS) is 12.1. The van der Waals surface area contributed by atoms with Crippen LogP contribution in [0.15, 0.2) is 54.6 Å². The lowest BCUT2D eigenvalue weighted by Gasteiger charge is -2.29. The first-order valence-electron chi connectivity index (χ1n) is 11.0. The van der Waals surface area contributed by atoms with Gasteiger partial charge in [-0.3, -0.25) is 13.9 Å². The van der Waals surface area contributed by atoms with E-state index in [9.17, 15) is 22.4 Å². The molecule has 1 N–H and O–H groups in total. The molecular formula is C24H32FN3O4S. The first kappa shape index (κ1) is 26.3. The average Bonchev–Trinajstić information content (AvgIpc) is 2.77. The smallest absolute Gasteiger partial charge is 0.242 e. The average molecular weight is 478 g/mol. The molecule has 1 atom stereocenters. The zero-order valence-corrected chi connectivity index (χ0v) is 20.1. The van der Waals surface area contributed by atoms with Crippen molar-refractivity contribution < 1.29 is 22.4 Å². The van der Waals surface area contributed by atoms with Crippen LogP contribution < -0.4 is 9.62 Å². The number of amides is 2. The first-order chi connectivity index (χ1) is 15.6. The van der Waals surface area contributed by atoms with Gasteiger partial charge in [-0.05, 0) is 44.4 Å². The van der Waals surface area contributed by atoms with Gasteiger partial charge in [0.05, 0.1) is 11.9 Å². The third-order valence-corrected chi connectivity index (χ3v) is 6.46. The third kappa shape index (κ3) is 7.85. The molecule has 0 fully saturated rings. The van der Waals surface area contributed by atoms with Crippen LogP contribution in [0.2, 0.25) is 0 Å². The molecule has 2 rings (SSSR count). The maximum absolute atomic E-state index is 14.2. The summed E-state index contributed by atoms with van der Waals surface area (Å²) in [4.78, 5) is 27.0. The molecule has 0 aliphatic rings. The highest BCUT2D eigenvalue weighted by atomic mass is 32.2. The van der Waals surface area contributed by atoms with Gasteiger partial charge in [0.2, 0.25) is 21.8 Å². The van der Waals surface area contributed by atoms with Crippen LogP contribution in [0.25, 0.3) is 0 Å². The van der Waals surface area contributed by atoms with Gasteiger partial charge >= 0.3 is 0 Å². The molecule has 180 valence electrons. The maximum Gasteiger partial charge on any atom is 0.242 e. The number of nitrogens with zero attached hydrogens (tertiary/aromatic N) is 2. The van der Waals surface area contributed by atoms with E-state index in [2.05, 4.69) is 5.32 Å². The van der Waals surface area contributed by atoms with Crippen molar-refractivity contribution in [1.29, 1.82) is 0 Å². The van der Waals surface area contributed by atoms with Crippen molar-refractivity contribution in [2.24, 2.45) is 0 Å². The summed E-state index contributed by atoms with van der Waals surface area (Å²) in [5.41, 5.74) is 0.991. The molecule has 33 heavy (non-hydrogen) atoms. The van der Waals surface area contributed by atoms with E-state index in [-0.39, 0.29) is 36.9 Å². The minimum Gasteiger partial charge on any atom is -0.355 e. The van der Waals surface area contributed by atoms with Crippen LogP contribution in [0.4, 0.5) is 10.1 Å². The predicted molar refractivity (Wildman–Crippen MR) is 128 cm³/mol. The Labute approximate surface area is 195 Å². The van der Waals surface area contributed by atoms with Crippen molar-refractivity contribution in [1.82, 2.24) is 10.2 Å². The van der Waals surface area contributed by atoms with Gasteiger partial charge in [-0.25, -0.2) is 12.8 Å². The summed E-state index contributed by atoms with van der Waals surface area (Å²) >= 11 is 0. The molecule has 2 aromatic carbocycles. The molecular weight excluding hydrogens is 445 g/mol. The number of likely N-dealkylation sites (N-methyl/N-ethyl adjacent to an activating group) is 1. The molecule has 9 heteroatoms. The van der Waals surface area contributed by atoms with Crippen molar-refractivity contribution in [3.63, 3.8) is 0 Å². The van der Waals surface area contributed by atoms with Crippen molar-refractivity contribution in [3.05, 3.63) is 66.0 Å². The van der Waals surface area contributed by atoms with E-state index in [1.54, 1.807) is 13.0 Å². The first-order valence-corrected chi connectivity index (χ1v) is 12.8. The molecule has 0 spiro atoms. The maximum atomic E-state index is 14.2. The Hall–Kier alpha value is -2.94. The van der Waals surface area contributed by atoms with E-state index in [4.69, 9.17) is 0 Å². The number of hydrogen-bond acceptors (Lipinski definition) is 4. The van der Waals surface area contributed by atoms with Crippen LogP contribution in [0.5, 0.6) is 0 Å². The SMILES string of the molecule is CCNC(=O)C(C)N(CCc1ccccc1)C(=O)CCCN(c1ccccc1F)S(C)(=O)=O. The lowest BCUT2D eigenvalue weighted by Crippen LogP contribution is -2.48. The monoisotopic (exact) mass is 477 g/mol. The van der Waals surface area contributed by atoms with E-state index >= 15 is 0 Å². The summed E-state index contributed by atoms with van der Waals surface area (Å²) in [6.07, 6.45) is 1.80. The second kappa shape index (κ2) is 12.3. The summed E-state index contributed by atoms with van der Waals surface area (Å²) < 4.78 is 39.6. The van der Waals surface area contributed by atoms with Gasteiger partial charge in [-0.2, -0.15) is 0 Å². The number of carbonyl (C=O) groups is 2. The van der Waals surface area contributed by atoms with Crippen LogP contribution in [0.3, 0.4) is 0 Å². The molecule has 1 unspecified atom stereocenters. The summed E-state index contributed by atoms with van der Waals surface area (Å²) in [6, 6.07) is 14.6. The Balaban J connectivity index is 2.10. The summed E-state index contributed by atoms with van der Waals surface area (Å²) in [6.45, 7) is 4.24. The lowest BCUT2D eigenvalue weighted by molar-refractivity contribution is -0.139. The number of sulfonamides is 1. The number of para-hydroxylation sites is 1. The van der Waals surface area contributed by atoms with Gasteiger partial charge in [0.15, 0.2) is 0 Å². The highest BCUT2D eigenvalue weighted by Crippen LogP contribution is 2.22. The van der Waals surface area contributed by atoms with Gasteiger partial charge in [0.1, 0.15) is 11.9 Å². The van der Waals surface area contributed by atoms with Gasteiger partial charge in [-0.1, -0.05) is 42.5 Å². The molecule has 0 saturated heterocycles. The summed E-state index contributed by atoms with van der Waals surface area (Å²) in [5, 5.41) is 2.74. The molecule has 0 aliphatic heterocycles. The topological polar surface area (TPSA) is 86.8 Å². The number of anilines is 1. The number of carbonyl (C=O) groups excluding carboxylic acids is 2. The molecule has 0 radical (unpaired) electrons. The second-order valence-electron chi connectivity index (χ2n) is 7.78. The number of halogens is 1. The highest BCUT2D eigenvalue weighted by Gasteiger charge is 2.26. The molecule has 0 aliphatic carbocycles. The van der Waals surface area contributed by atoms with Crippen LogP contribution in [-0.4, -0.2) is 57.1 Å². The Morgan fingerprint density at radius 2 is 1.67 bits per heavy atom. The van der Waals surface area contributed by atoms with Crippen molar-refractivity contribution >= 4 is 27.5 Å². The second-order valence-corrected chi connectivity index (χ2v) is 9.69. The lowest BCUT2D eigenvalue weighted by atomic mass is 10.1. The van der Waals surface area contributed by atoms with Crippen LogP contribution >= 0.6 is 0 Å². The highest BCUT2D eigenvalue weighted by molar-refractivity contribution is 7.92. The molecule has 2 amide bonds. The standard InChI is InChI=1S/C24H32FN3O4S/c1-4-26-24(30)19(2)27(18-16-20-11-6-5-7-12-20)23(29)15-10-17-28(33(3,31)32)22-14-9-8-13-21(22)25/h5-9,11-14,19H,4,10,15-18H2,1-3H3,(H,26,30). The number of rotatable bonds is 12. The third-order valence-electron chi connectivity index (χ3n) is 5.28. The molecule has 0 heterocycles. The van der Waals surface area contributed by atoms with E-state index in [1.807, 2.05) is 37.3 Å². The minimum atomic E-state index is -3.74. The molecule has 7 nitrogen and oxygen atoms in total. The van der Waals surface area contributed by atoms with Gasteiger partial charge < -0.3 is 10.2 Å². The Kier molecular flexibility index (Phi) is 9.84. The predicted octanol–water partition coefficient (Wildman–Crippen LogP) is 2.97. The number of benzene rings is 2. The van der Waals surface area contributed by atoms with Crippen molar-refractivity contribution in [2.75, 3.05) is 30.2 Å². The Morgan fingerprint density at radius 3 is 2.27 bits per heavy atom. The molecule has 2 aromatic rings. The van der Waals surface area contributed by atoms with E-state index in [0.29, 0.717) is 19.5 Å². The Morgan fingerprint density at radius 1 is 1.03 bits per heavy atom. The van der Waals surface area contributed by atoms with Crippen LogP contribution in [0, 0.1) is 5.82 Å². The fourth-order valence-corrected chi connectivity index (χ4v) is 4.49. The van der Waals surface area contributed by atoms with E-state index in [0.717, 1.165) is 16.1 Å². The van der Waals surface area contributed by atoms with E-state index < -0.39 is 21.9 Å². The fraction of sp³-hybridized carbons (Fsp3) is 0.417.